The molecule has 0 saturated carbocycles. The lowest BCUT2D eigenvalue weighted by molar-refractivity contribution is 0.0775. The molecule has 0 aromatic heterocycles. The fourth-order valence-corrected chi connectivity index (χ4v) is 1.86. The van der Waals surface area contributed by atoms with Gasteiger partial charge in [-0.05, 0) is 32.0 Å². The van der Waals surface area contributed by atoms with E-state index in [-0.39, 0.29) is 11.7 Å². The van der Waals surface area contributed by atoms with Crippen LogP contribution in [0.15, 0.2) is 34.8 Å². The van der Waals surface area contributed by atoms with Crippen LogP contribution >= 0.6 is 15.9 Å². The molecule has 3 nitrogen and oxygen atoms in total. The van der Waals surface area contributed by atoms with Gasteiger partial charge in [0.25, 0.3) is 5.91 Å². The topological polar surface area (TPSA) is 40.5 Å². The molecular formula is C13H16BrNO2. The number of likely N-dealkylation sites (N-methyl/N-ethyl adjacent to an activating group) is 1. The Morgan fingerprint density at radius 2 is 2.18 bits per heavy atom. The van der Waals surface area contributed by atoms with Crippen LogP contribution < -0.4 is 0 Å². The predicted octanol–water partition coefficient (Wildman–Crippen LogP) is 3.19. The highest BCUT2D eigenvalue weighted by Gasteiger charge is 2.17. The van der Waals surface area contributed by atoms with E-state index in [4.69, 9.17) is 0 Å². The summed E-state index contributed by atoms with van der Waals surface area (Å²) in [6, 6.07) is 4.87. The number of hydrogen-bond donors (Lipinski definition) is 1. The Morgan fingerprint density at radius 1 is 1.53 bits per heavy atom. The number of aromatic hydroxyl groups is 1. The smallest absolute Gasteiger partial charge is 0.257 e. The molecule has 0 unspecified atom stereocenters. The van der Waals surface area contributed by atoms with Crippen LogP contribution in [0.5, 0.6) is 5.75 Å². The molecule has 1 N–H and O–H groups in total. The molecule has 1 aromatic carbocycles. The van der Waals surface area contributed by atoms with E-state index in [1.165, 1.54) is 6.07 Å². The van der Waals surface area contributed by atoms with E-state index in [0.717, 1.165) is 10.0 Å². The highest BCUT2D eigenvalue weighted by Crippen LogP contribution is 2.23. The Kier molecular flexibility index (Phi) is 4.75. The number of halogens is 1. The maximum Gasteiger partial charge on any atom is 0.257 e. The third-order valence-corrected chi connectivity index (χ3v) is 2.81. The van der Waals surface area contributed by atoms with Gasteiger partial charge >= 0.3 is 0 Å². The summed E-state index contributed by atoms with van der Waals surface area (Å²) in [7, 11) is 0. The molecule has 0 heterocycles. The van der Waals surface area contributed by atoms with Crippen LogP contribution in [0.2, 0.25) is 0 Å². The van der Waals surface area contributed by atoms with Gasteiger partial charge in [-0.25, -0.2) is 0 Å². The Balaban J connectivity index is 2.97. The first kappa shape index (κ1) is 13.8. The molecule has 0 spiro atoms. The number of phenols is 1. The second-order valence-electron chi connectivity index (χ2n) is 3.94. The average molecular weight is 298 g/mol. The fourth-order valence-electron chi connectivity index (χ4n) is 1.51. The quantitative estimate of drug-likeness (QED) is 0.867. The molecule has 0 atom stereocenters. The first-order valence-electron chi connectivity index (χ1n) is 5.38. The van der Waals surface area contributed by atoms with Crippen LogP contribution in [0.1, 0.15) is 24.2 Å². The van der Waals surface area contributed by atoms with Crippen molar-refractivity contribution in [2.45, 2.75) is 13.8 Å². The van der Waals surface area contributed by atoms with E-state index >= 15 is 0 Å². The van der Waals surface area contributed by atoms with Gasteiger partial charge in [0, 0.05) is 17.6 Å². The minimum atomic E-state index is -0.180. The lowest BCUT2D eigenvalue weighted by Gasteiger charge is -2.21. The molecule has 4 heteroatoms. The molecule has 0 bridgehead atoms. The predicted molar refractivity (Wildman–Crippen MR) is 72.2 cm³/mol. The molecule has 0 radical (unpaired) electrons. The van der Waals surface area contributed by atoms with Gasteiger partial charge in [0.2, 0.25) is 0 Å². The molecular weight excluding hydrogens is 282 g/mol. The van der Waals surface area contributed by atoms with Gasteiger partial charge in [-0.1, -0.05) is 28.1 Å². The second-order valence-corrected chi connectivity index (χ2v) is 4.85. The third-order valence-electron chi connectivity index (χ3n) is 2.32. The van der Waals surface area contributed by atoms with E-state index in [2.05, 4.69) is 22.5 Å². The van der Waals surface area contributed by atoms with Crippen LogP contribution in [0.25, 0.3) is 0 Å². The number of nitrogens with zero attached hydrogens (tertiary/aromatic N) is 1. The molecule has 0 aliphatic heterocycles. The van der Waals surface area contributed by atoms with Gasteiger partial charge < -0.3 is 10.0 Å². The molecule has 0 fully saturated rings. The van der Waals surface area contributed by atoms with Crippen molar-refractivity contribution in [1.29, 1.82) is 0 Å². The summed E-state index contributed by atoms with van der Waals surface area (Å²) in [6.07, 6.45) is 0. The number of rotatable bonds is 4. The van der Waals surface area contributed by atoms with Gasteiger partial charge in [0.05, 0.1) is 5.56 Å². The molecule has 0 saturated heterocycles. The Morgan fingerprint density at radius 3 is 2.65 bits per heavy atom. The summed E-state index contributed by atoms with van der Waals surface area (Å²) in [6.45, 7) is 8.65. The third kappa shape index (κ3) is 3.60. The molecule has 1 aromatic rings. The van der Waals surface area contributed by atoms with Gasteiger partial charge in [-0.2, -0.15) is 0 Å². The number of carbonyl (C=O) groups excluding carboxylic acids is 1. The molecule has 92 valence electrons. The molecule has 1 amide bonds. The SMILES string of the molecule is C=C(C)CN(CC)C(=O)c1ccc(Br)cc1O. The van der Waals surface area contributed by atoms with E-state index < -0.39 is 0 Å². The monoisotopic (exact) mass is 297 g/mol. The summed E-state index contributed by atoms with van der Waals surface area (Å²) < 4.78 is 0.745. The van der Waals surface area contributed by atoms with Gasteiger partial charge in [0.15, 0.2) is 0 Å². The van der Waals surface area contributed by atoms with Crippen molar-refractivity contribution in [3.05, 3.63) is 40.4 Å². The Hall–Kier alpha value is -1.29. The lowest BCUT2D eigenvalue weighted by atomic mass is 10.1. The normalized spacial score (nSPS) is 10.1. The Labute approximate surface area is 110 Å². The molecule has 0 aliphatic rings. The second kappa shape index (κ2) is 5.87. The number of amides is 1. The van der Waals surface area contributed by atoms with E-state index in [9.17, 15) is 9.90 Å². The van der Waals surface area contributed by atoms with E-state index in [0.29, 0.717) is 18.7 Å². The average Bonchev–Trinajstić information content (AvgIpc) is 2.24. The molecule has 1 rings (SSSR count). The summed E-state index contributed by atoms with van der Waals surface area (Å²) in [5, 5.41) is 9.74. The van der Waals surface area contributed by atoms with Crippen molar-refractivity contribution in [3.8, 4) is 5.75 Å². The maximum absolute atomic E-state index is 12.2. The minimum absolute atomic E-state index is 0.00968. The zero-order chi connectivity index (χ0) is 13.0. The van der Waals surface area contributed by atoms with Crippen LogP contribution in [0, 0.1) is 0 Å². The van der Waals surface area contributed by atoms with Gasteiger partial charge in [-0.3, -0.25) is 4.79 Å². The van der Waals surface area contributed by atoms with Gasteiger partial charge in [0.1, 0.15) is 5.75 Å². The standard InChI is InChI=1S/C13H16BrNO2/c1-4-15(8-9(2)3)13(17)11-6-5-10(14)7-12(11)16/h5-7,16H,2,4,8H2,1,3H3. The van der Waals surface area contributed by atoms with Crippen LogP contribution in [0.4, 0.5) is 0 Å². The van der Waals surface area contributed by atoms with E-state index in [1.54, 1.807) is 17.0 Å². The van der Waals surface area contributed by atoms with Crippen molar-refractivity contribution in [2.75, 3.05) is 13.1 Å². The molecule has 17 heavy (non-hydrogen) atoms. The van der Waals surface area contributed by atoms with E-state index in [1.807, 2.05) is 13.8 Å². The summed E-state index contributed by atoms with van der Waals surface area (Å²) in [5.74, 6) is -0.190. The highest BCUT2D eigenvalue weighted by molar-refractivity contribution is 9.10. The lowest BCUT2D eigenvalue weighted by Crippen LogP contribution is -2.32. The number of hydrogen-bond acceptors (Lipinski definition) is 2. The number of phenolic OH excluding ortho intramolecular Hbond substituents is 1. The molecule has 0 aliphatic carbocycles. The zero-order valence-corrected chi connectivity index (χ0v) is 11.6. The zero-order valence-electron chi connectivity index (χ0n) is 10.0. The summed E-state index contributed by atoms with van der Waals surface area (Å²) in [5.41, 5.74) is 1.23. The van der Waals surface area contributed by atoms with Crippen molar-refractivity contribution >= 4 is 21.8 Å². The number of carbonyl (C=O) groups is 1. The summed E-state index contributed by atoms with van der Waals surface area (Å²) in [4.78, 5) is 13.8. The summed E-state index contributed by atoms with van der Waals surface area (Å²) >= 11 is 3.24. The van der Waals surface area contributed by atoms with Crippen LogP contribution in [-0.4, -0.2) is 29.0 Å². The van der Waals surface area contributed by atoms with Crippen molar-refractivity contribution in [2.24, 2.45) is 0 Å². The highest BCUT2D eigenvalue weighted by atomic mass is 79.9. The fraction of sp³-hybridized carbons (Fsp3) is 0.308. The minimum Gasteiger partial charge on any atom is -0.507 e. The van der Waals surface area contributed by atoms with Crippen LogP contribution in [-0.2, 0) is 0 Å². The first-order chi connectivity index (χ1) is 7.95. The van der Waals surface area contributed by atoms with Gasteiger partial charge in [-0.15, -0.1) is 0 Å². The maximum atomic E-state index is 12.2. The number of benzene rings is 1. The van der Waals surface area contributed by atoms with Crippen molar-refractivity contribution in [3.63, 3.8) is 0 Å². The van der Waals surface area contributed by atoms with Crippen LogP contribution in [0.3, 0.4) is 0 Å². The first-order valence-corrected chi connectivity index (χ1v) is 6.17. The Bertz CT molecular complexity index is 443. The van der Waals surface area contributed by atoms with Crippen molar-refractivity contribution in [1.82, 2.24) is 4.90 Å². The van der Waals surface area contributed by atoms with Crippen molar-refractivity contribution < 1.29 is 9.90 Å². The largest absolute Gasteiger partial charge is 0.507 e.